The molecule has 0 fully saturated rings. The van der Waals surface area contributed by atoms with Crippen molar-refractivity contribution in [1.82, 2.24) is 10.2 Å². The zero-order chi connectivity index (χ0) is 30.2. The van der Waals surface area contributed by atoms with Gasteiger partial charge in [-0.15, -0.1) is 0 Å². The van der Waals surface area contributed by atoms with Gasteiger partial charge >= 0.3 is 0 Å². The summed E-state index contributed by atoms with van der Waals surface area (Å²) in [4.78, 5) is 28.9. The zero-order valence-corrected chi connectivity index (χ0v) is 25.7. The Labute approximate surface area is 248 Å². The molecule has 0 spiro atoms. The Kier molecular flexibility index (Phi) is 11.2. The van der Waals surface area contributed by atoms with E-state index in [9.17, 15) is 18.0 Å². The van der Waals surface area contributed by atoms with E-state index in [-0.39, 0.29) is 23.4 Å². The summed E-state index contributed by atoms with van der Waals surface area (Å²) in [6.07, 6.45) is 1.05. The molecule has 0 bridgehead atoms. The second kappa shape index (κ2) is 14.4. The van der Waals surface area contributed by atoms with Crippen molar-refractivity contribution in [3.8, 4) is 5.75 Å². The van der Waals surface area contributed by atoms with E-state index in [0.29, 0.717) is 28.4 Å². The van der Waals surface area contributed by atoms with Crippen molar-refractivity contribution in [1.29, 1.82) is 0 Å². The van der Waals surface area contributed by atoms with Gasteiger partial charge in [0.15, 0.2) is 0 Å². The van der Waals surface area contributed by atoms with Gasteiger partial charge in [0.25, 0.3) is 10.0 Å². The number of amides is 2. The molecule has 0 aliphatic rings. The summed E-state index contributed by atoms with van der Waals surface area (Å²) in [5.41, 5.74) is 1.92. The Balaban J connectivity index is 2.06. The first kappa shape index (κ1) is 32.0. The number of carbonyl (C=O) groups excluding carboxylic acids is 2. The molecule has 0 aliphatic heterocycles. The van der Waals surface area contributed by atoms with Crippen molar-refractivity contribution in [2.24, 2.45) is 0 Å². The van der Waals surface area contributed by atoms with Crippen molar-refractivity contribution in [2.75, 3.05) is 18.0 Å². The van der Waals surface area contributed by atoms with E-state index >= 15 is 0 Å². The number of ether oxygens (including phenoxy) is 1. The predicted octanol–water partition coefficient (Wildman–Crippen LogP) is 5.57. The maximum atomic E-state index is 14.1. The highest BCUT2D eigenvalue weighted by Gasteiger charge is 2.34. The van der Waals surface area contributed by atoms with E-state index in [1.54, 1.807) is 60.7 Å². The third-order valence-corrected chi connectivity index (χ3v) is 9.09. The summed E-state index contributed by atoms with van der Waals surface area (Å²) in [7, 11) is -2.68. The van der Waals surface area contributed by atoms with Gasteiger partial charge in [0, 0.05) is 17.6 Å². The van der Waals surface area contributed by atoms with Crippen LogP contribution in [0.15, 0.2) is 77.7 Å². The lowest BCUT2D eigenvalue weighted by molar-refractivity contribution is -0.140. The van der Waals surface area contributed by atoms with Crippen molar-refractivity contribution in [3.05, 3.63) is 88.9 Å². The second-order valence-electron chi connectivity index (χ2n) is 9.88. The molecule has 0 aromatic heterocycles. The summed E-state index contributed by atoms with van der Waals surface area (Å²) < 4.78 is 34.2. The van der Waals surface area contributed by atoms with Gasteiger partial charge < -0.3 is 15.0 Å². The van der Waals surface area contributed by atoms with Gasteiger partial charge in [-0.2, -0.15) is 0 Å². The van der Waals surface area contributed by atoms with Crippen molar-refractivity contribution in [3.63, 3.8) is 0 Å². The molecule has 0 saturated carbocycles. The molecule has 2 atom stereocenters. The number of benzene rings is 3. The number of sulfonamides is 1. The number of hydrogen-bond acceptors (Lipinski definition) is 5. The Morgan fingerprint density at radius 3 is 2.15 bits per heavy atom. The molecule has 0 unspecified atom stereocenters. The number of hydrogen-bond donors (Lipinski definition) is 1. The van der Waals surface area contributed by atoms with Gasteiger partial charge in [-0.25, -0.2) is 8.42 Å². The highest BCUT2D eigenvalue weighted by Crippen LogP contribution is 2.27. The highest BCUT2D eigenvalue weighted by atomic mass is 35.5. The minimum atomic E-state index is -4.17. The minimum absolute atomic E-state index is 0.00545. The number of anilines is 1. The van der Waals surface area contributed by atoms with Crippen LogP contribution < -0.4 is 14.4 Å². The van der Waals surface area contributed by atoms with Crippen LogP contribution in [0.3, 0.4) is 0 Å². The SMILES string of the molecule is CC[C@@H](C)NC(=O)[C@@H](CC)N(Cc1ccccc1Cl)C(=O)CN(c1ccc(C)cc1)S(=O)(=O)c1ccc(OC)cc1. The fourth-order valence-corrected chi connectivity index (χ4v) is 5.90. The number of methoxy groups -OCH3 is 1. The first-order valence-corrected chi connectivity index (χ1v) is 15.4. The first-order valence-electron chi connectivity index (χ1n) is 13.6. The fourth-order valence-electron chi connectivity index (χ4n) is 4.29. The van der Waals surface area contributed by atoms with E-state index in [2.05, 4.69) is 5.32 Å². The van der Waals surface area contributed by atoms with Gasteiger partial charge in [-0.3, -0.25) is 13.9 Å². The van der Waals surface area contributed by atoms with Crippen LogP contribution in [0.4, 0.5) is 5.69 Å². The largest absolute Gasteiger partial charge is 0.497 e. The monoisotopic (exact) mass is 599 g/mol. The van der Waals surface area contributed by atoms with Gasteiger partial charge in [-0.05, 0) is 74.7 Å². The maximum absolute atomic E-state index is 14.1. The number of nitrogens with zero attached hydrogens (tertiary/aromatic N) is 2. The predicted molar refractivity (Wildman–Crippen MR) is 163 cm³/mol. The lowest BCUT2D eigenvalue weighted by Crippen LogP contribution is -2.53. The summed E-state index contributed by atoms with van der Waals surface area (Å²) in [5, 5.41) is 3.41. The number of nitrogens with one attached hydrogen (secondary N) is 1. The van der Waals surface area contributed by atoms with Crippen LogP contribution in [-0.2, 0) is 26.2 Å². The van der Waals surface area contributed by atoms with E-state index < -0.39 is 28.5 Å². The highest BCUT2D eigenvalue weighted by molar-refractivity contribution is 7.92. The topological polar surface area (TPSA) is 96.0 Å². The number of aryl methyl sites for hydroxylation is 1. The van der Waals surface area contributed by atoms with E-state index in [1.165, 1.54) is 24.1 Å². The molecule has 1 N–H and O–H groups in total. The molecule has 3 aromatic rings. The fraction of sp³-hybridized carbons (Fsp3) is 0.355. The minimum Gasteiger partial charge on any atom is -0.497 e. The number of rotatable bonds is 13. The van der Waals surface area contributed by atoms with E-state index in [4.69, 9.17) is 16.3 Å². The van der Waals surface area contributed by atoms with Crippen LogP contribution in [0.1, 0.15) is 44.7 Å². The Morgan fingerprint density at radius 1 is 0.951 bits per heavy atom. The third kappa shape index (κ3) is 8.01. The standard InChI is InChI=1S/C31H38ClN3O5S/c1-6-23(4)33-31(37)29(7-2)34(20-24-10-8-9-11-28(24)32)30(36)21-35(25-14-12-22(3)13-15-25)41(38,39)27-18-16-26(40-5)17-19-27/h8-19,23,29H,6-7,20-21H2,1-5H3,(H,33,37)/t23-,29-/m1/s1. The van der Waals surface area contributed by atoms with Crippen molar-refractivity contribution >= 4 is 39.1 Å². The summed E-state index contributed by atoms with van der Waals surface area (Å²) in [6, 6.07) is 19.0. The third-order valence-electron chi connectivity index (χ3n) is 6.93. The number of halogens is 1. The molecule has 2 amide bonds. The molecule has 220 valence electrons. The van der Waals surface area contributed by atoms with Crippen LogP contribution in [0.2, 0.25) is 5.02 Å². The molecule has 0 heterocycles. The molecular weight excluding hydrogens is 562 g/mol. The molecule has 41 heavy (non-hydrogen) atoms. The average Bonchev–Trinajstić information content (AvgIpc) is 2.97. The lowest BCUT2D eigenvalue weighted by Gasteiger charge is -2.34. The van der Waals surface area contributed by atoms with Gasteiger partial charge in [0.05, 0.1) is 17.7 Å². The molecule has 3 rings (SSSR count). The van der Waals surface area contributed by atoms with Crippen LogP contribution in [-0.4, -0.2) is 50.9 Å². The van der Waals surface area contributed by atoms with Crippen LogP contribution >= 0.6 is 11.6 Å². The molecule has 0 aliphatic carbocycles. The van der Waals surface area contributed by atoms with Gasteiger partial charge in [0.1, 0.15) is 18.3 Å². The Hall–Kier alpha value is -3.56. The van der Waals surface area contributed by atoms with Crippen molar-refractivity contribution in [2.45, 2.75) is 64.1 Å². The first-order chi connectivity index (χ1) is 19.5. The summed E-state index contributed by atoms with van der Waals surface area (Å²) >= 11 is 6.45. The summed E-state index contributed by atoms with van der Waals surface area (Å²) in [6.45, 7) is 7.08. The molecule has 3 aromatic carbocycles. The van der Waals surface area contributed by atoms with Crippen LogP contribution in [0.5, 0.6) is 5.75 Å². The molecule has 0 radical (unpaired) electrons. The Bertz CT molecular complexity index is 1430. The lowest BCUT2D eigenvalue weighted by atomic mass is 10.1. The molecule has 8 nitrogen and oxygen atoms in total. The van der Waals surface area contributed by atoms with Gasteiger partial charge in [0.2, 0.25) is 11.8 Å². The smallest absolute Gasteiger partial charge is 0.264 e. The normalized spacial score (nSPS) is 12.7. The van der Waals surface area contributed by atoms with Gasteiger partial charge in [-0.1, -0.05) is 61.3 Å². The quantitative estimate of drug-likeness (QED) is 0.277. The zero-order valence-electron chi connectivity index (χ0n) is 24.1. The summed E-state index contributed by atoms with van der Waals surface area (Å²) in [5.74, 6) is -0.332. The number of carbonyl (C=O) groups is 2. The Morgan fingerprint density at radius 2 is 1.59 bits per heavy atom. The molecule has 10 heteroatoms. The van der Waals surface area contributed by atoms with E-state index in [0.717, 1.165) is 16.3 Å². The second-order valence-corrected chi connectivity index (χ2v) is 12.1. The van der Waals surface area contributed by atoms with Crippen molar-refractivity contribution < 1.29 is 22.7 Å². The van der Waals surface area contributed by atoms with Crippen LogP contribution in [0.25, 0.3) is 0 Å². The maximum Gasteiger partial charge on any atom is 0.264 e. The average molecular weight is 600 g/mol. The molecule has 0 saturated heterocycles. The van der Waals surface area contributed by atoms with E-state index in [1.807, 2.05) is 27.7 Å². The molecular formula is C31H38ClN3O5S. The van der Waals surface area contributed by atoms with Crippen LogP contribution in [0, 0.1) is 6.92 Å².